The van der Waals surface area contributed by atoms with Gasteiger partial charge >= 0.3 is 0 Å². The Morgan fingerprint density at radius 2 is 2.17 bits per heavy atom. The molecule has 18 heavy (non-hydrogen) atoms. The van der Waals surface area contributed by atoms with Gasteiger partial charge in [0.25, 0.3) is 0 Å². The lowest BCUT2D eigenvalue weighted by molar-refractivity contribution is -0.166. The van der Waals surface area contributed by atoms with Gasteiger partial charge in [-0.2, -0.15) is 0 Å². The van der Waals surface area contributed by atoms with Crippen LogP contribution in [0.15, 0.2) is 9.66 Å². The molecular weight excluding hydrogens is 339 g/mol. The zero-order chi connectivity index (χ0) is 12.2. The van der Waals surface area contributed by atoms with Gasteiger partial charge in [0.2, 0.25) is 0 Å². The molecule has 1 saturated carbocycles. The summed E-state index contributed by atoms with van der Waals surface area (Å²) in [6.45, 7) is 0.902. The third-order valence-electron chi connectivity index (χ3n) is 5.69. The van der Waals surface area contributed by atoms with Crippen molar-refractivity contribution in [2.24, 2.45) is 17.3 Å². The van der Waals surface area contributed by atoms with Crippen LogP contribution in [0.4, 0.5) is 0 Å². The van der Waals surface area contributed by atoms with Crippen LogP contribution in [0.2, 0.25) is 0 Å². The lowest BCUT2D eigenvalue weighted by Crippen LogP contribution is -2.48. The molecule has 2 heterocycles. The maximum atomic E-state index is 6.33. The van der Waals surface area contributed by atoms with E-state index >= 15 is 0 Å². The smallest absolute Gasteiger partial charge is 0.161 e. The SMILES string of the molecule is IC1=C[C@H]2CCCC[C@@]23[C@H](C1)O[C@@H]1OCCC[C@@H]13. The van der Waals surface area contributed by atoms with Crippen molar-refractivity contribution < 1.29 is 9.47 Å². The zero-order valence-corrected chi connectivity index (χ0v) is 12.9. The Bertz CT molecular complexity index is 381. The van der Waals surface area contributed by atoms with Crippen LogP contribution in [-0.4, -0.2) is 19.0 Å². The molecule has 2 saturated heterocycles. The molecular formula is C15H21IO2. The Morgan fingerprint density at radius 3 is 3.11 bits per heavy atom. The minimum Gasteiger partial charge on any atom is -0.352 e. The molecule has 100 valence electrons. The van der Waals surface area contributed by atoms with Crippen molar-refractivity contribution in [3.63, 3.8) is 0 Å². The first-order valence-corrected chi connectivity index (χ1v) is 8.52. The molecule has 2 aliphatic heterocycles. The van der Waals surface area contributed by atoms with Crippen molar-refractivity contribution in [1.29, 1.82) is 0 Å². The molecule has 0 amide bonds. The fourth-order valence-corrected chi connectivity index (χ4v) is 5.82. The molecule has 1 spiro atoms. The van der Waals surface area contributed by atoms with E-state index in [1.165, 1.54) is 42.1 Å². The van der Waals surface area contributed by atoms with Crippen LogP contribution in [0.5, 0.6) is 0 Å². The fourth-order valence-electron chi connectivity index (χ4n) is 4.99. The molecule has 0 bridgehead atoms. The minimum absolute atomic E-state index is 0.111. The van der Waals surface area contributed by atoms with Gasteiger partial charge in [0.05, 0.1) is 6.10 Å². The Labute approximate surface area is 123 Å². The Hall–Kier alpha value is 0.390. The van der Waals surface area contributed by atoms with Crippen molar-refractivity contribution in [3.05, 3.63) is 9.66 Å². The Kier molecular flexibility index (Phi) is 3.01. The molecule has 4 rings (SSSR count). The van der Waals surface area contributed by atoms with Gasteiger partial charge in [-0.15, -0.1) is 0 Å². The first-order valence-electron chi connectivity index (χ1n) is 7.44. The van der Waals surface area contributed by atoms with Crippen molar-refractivity contribution in [1.82, 2.24) is 0 Å². The van der Waals surface area contributed by atoms with Gasteiger partial charge in [-0.3, -0.25) is 0 Å². The van der Waals surface area contributed by atoms with Gasteiger partial charge in [-0.05, 0) is 57.8 Å². The topological polar surface area (TPSA) is 18.5 Å². The van der Waals surface area contributed by atoms with E-state index in [0.29, 0.717) is 17.4 Å². The molecule has 0 aromatic rings. The Balaban J connectivity index is 1.75. The quantitative estimate of drug-likeness (QED) is 0.607. The highest BCUT2D eigenvalue weighted by Crippen LogP contribution is 2.62. The monoisotopic (exact) mass is 360 g/mol. The maximum absolute atomic E-state index is 6.33. The van der Waals surface area contributed by atoms with Crippen molar-refractivity contribution in [2.45, 2.75) is 57.3 Å². The second-order valence-corrected chi connectivity index (χ2v) is 7.78. The van der Waals surface area contributed by atoms with Crippen molar-refractivity contribution in [2.75, 3.05) is 6.61 Å². The van der Waals surface area contributed by atoms with Gasteiger partial charge in [-0.25, -0.2) is 0 Å². The molecule has 2 nitrogen and oxygen atoms in total. The lowest BCUT2D eigenvalue weighted by Gasteiger charge is -2.50. The molecule has 5 atom stereocenters. The van der Waals surface area contributed by atoms with Crippen molar-refractivity contribution >= 4 is 22.6 Å². The standard InChI is InChI=1S/C15H21IO2/c16-11-8-10-4-1-2-6-15(10)12-5-3-7-17-14(12)18-13(15)9-11/h8,10,12-14H,1-7,9H2/t10-,12+,13+,14+,15-/m1/s1. The van der Waals surface area contributed by atoms with Crippen LogP contribution in [0, 0.1) is 17.3 Å². The predicted molar refractivity (Wildman–Crippen MR) is 78.4 cm³/mol. The molecule has 0 aromatic heterocycles. The highest BCUT2D eigenvalue weighted by molar-refractivity contribution is 14.1. The average Bonchev–Trinajstić information content (AvgIpc) is 2.69. The van der Waals surface area contributed by atoms with E-state index in [-0.39, 0.29) is 6.29 Å². The number of hydrogen-bond donors (Lipinski definition) is 0. The number of hydrogen-bond acceptors (Lipinski definition) is 2. The van der Waals surface area contributed by atoms with E-state index < -0.39 is 0 Å². The molecule has 0 radical (unpaired) electrons. The van der Waals surface area contributed by atoms with Crippen LogP contribution in [0.3, 0.4) is 0 Å². The number of rotatable bonds is 0. The van der Waals surface area contributed by atoms with Gasteiger partial charge < -0.3 is 9.47 Å². The number of allylic oxidation sites excluding steroid dienone is 1. The minimum atomic E-state index is 0.111. The summed E-state index contributed by atoms with van der Waals surface area (Å²) in [5.41, 5.74) is 0.429. The average molecular weight is 360 g/mol. The third kappa shape index (κ3) is 1.59. The Morgan fingerprint density at radius 1 is 1.22 bits per heavy atom. The molecule has 4 aliphatic rings. The molecule has 3 fully saturated rings. The third-order valence-corrected chi connectivity index (χ3v) is 6.49. The van der Waals surface area contributed by atoms with Crippen LogP contribution in [-0.2, 0) is 9.47 Å². The summed E-state index contributed by atoms with van der Waals surface area (Å²) in [7, 11) is 0. The molecule has 0 aromatic carbocycles. The van der Waals surface area contributed by atoms with Crippen molar-refractivity contribution in [3.8, 4) is 0 Å². The maximum Gasteiger partial charge on any atom is 0.161 e. The van der Waals surface area contributed by atoms with Crippen LogP contribution in [0.25, 0.3) is 0 Å². The van der Waals surface area contributed by atoms with E-state index in [2.05, 4.69) is 28.7 Å². The first kappa shape index (κ1) is 12.2. The molecule has 2 aliphatic carbocycles. The summed E-state index contributed by atoms with van der Waals surface area (Å²) in [5.74, 6) is 1.43. The van der Waals surface area contributed by atoms with E-state index in [9.17, 15) is 0 Å². The van der Waals surface area contributed by atoms with Gasteiger partial charge in [0.15, 0.2) is 6.29 Å². The first-order chi connectivity index (χ1) is 8.80. The number of ether oxygens (including phenoxy) is 2. The molecule has 0 N–H and O–H groups in total. The number of halogens is 1. The highest BCUT2D eigenvalue weighted by Gasteiger charge is 2.61. The second kappa shape index (κ2) is 4.45. The van der Waals surface area contributed by atoms with Crippen LogP contribution >= 0.6 is 22.6 Å². The summed E-state index contributed by atoms with van der Waals surface area (Å²) < 4.78 is 13.8. The molecule has 3 heteroatoms. The highest BCUT2D eigenvalue weighted by atomic mass is 127. The summed E-state index contributed by atoms with van der Waals surface area (Å²) in [6, 6.07) is 0. The zero-order valence-electron chi connectivity index (χ0n) is 10.7. The van der Waals surface area contributed by atoms with Gasteiger partial charge in [0, 0.05) is 24.4 Å². The summed E-state index contributed by atoms with van der Waals surface area (Å²) >= 11 is 2.51. The molecule has 0 unspecified atom stereocenters. The summed E-state index contributed by atoms with van der Waals surface area (Å²) in [4.78, 5) is 0. The van der Waals surface area contributed by atoms with E-state index in [4.69, 9.17) is 9.47 Å². The lowest BCUT2D eigenvalue weighted by atomic mass is 9.55. The summed E-state index contributed by atoms with van der Waals surface area (Å²) in [6.07, 6.45) is 12.3. The van der Waals surface area contributed by atoms with E-state index in [1.54, 1.807) is 0 Å². The normalized spacial score (nSPS) is 51.1. The van der Waals surface area contributed by atoms with Crippen LogP contribution < -0.4 is 0 Å². The fraction of sp³-hybridized carbons (Fsp3) is 0.867. The predicted octanol–water partition coefficient (Wildman–Crippen LogP) is 4.04. The van der Waals surface area contributed by atoms with E-state index in [0.717, 1.165) is 18.9 Å². The second-order valence-electron chi connectivity index (χ2n) is 6.39. The van der Waals surface area contributed by atoms with Gasteiger partial charge in [0.1, 0.15) is 0 Å². The largest absolute Gasteiger partial charge is 0.352 e. The van der Waals surface area contributed by atoms with Crippen LogP contribution in [0.1, 0.15) is 44.9 Å². The summed E-state index contributed by atoms with van der Waals surface area (Å²) in [5, 5.41) is 0. The van der Waals surface area contributed by atoms with E-state index in [1.807, 2.05) is 0 Å². The van der Waals surface area contributed by atoms with Gasteiger partial charge in [-0.1, -0.05) is 18.9 Å². The number of fused-ring (bicyclic) bond motifs is 1.